The first-order chi connectivity index (χ1) is 12.5. The molecule has 0 atom stereocenters. The van der Waals surface area contributed by atoms with Crippen LogP contribution in [0.1, 0.15) is 30.1 Å². The summed E-state index contributed by atoms with van der Waals surface area (Å²) in [5.41, 5.74) is 1.48. The normalized spacial score (nSPS) is 10.3. The smallest absolute Gasteiger partial charge is 0.340 e. The van der Waals surface area contributed by atoms with Crippen molar-refractivity contribution >= 4 is 46.5 Å². The van der Waals surface area contributed by atoms with Gasteiger partial charge in [0.1, 0.15) is 0 Å². The molecule has 2 aromatic carbocycles. The maximum absolute atomic E-state index is 12.3. The van der Waals surface area contributed by atoms with Crippen molar-refractivity contribution in [1.29, 1.82) is 0 Å². The second-order valence-corrected chi connectivity index (χ2v) is 6.42. The molecular weight excluding hydrogens is 375 g/mol. The third kappa shape index (κ3) is 5.93. The number of halogens is 2. The van der Waals surface area contributed by atoms with Gasteiger partial charge in [-0.25, -0.2) is 4.79 Å². The molecule has 0 fully saturated rings. The van der Waals surface area contributed by atoms with Crippen molar-refractivity contribution in [1.82, 2.24) is 0 Å². The highest BCUT2D eigenvalue weighted by Crippen LogP contribution is 2.25. The van der Waals surface area contributed by atoms with E-state index in [1.165, 1.54) is 6.07 Å². The number of para-hydroxylation sites is 1. The third-order valence-corrected chi connectivity index (χ3v) is 4.08. The zero-order valence-electron chi connectivity index (χ0n) is 14.4. The molecule has 0 aromatic heterocycles. The van der Waals surface area contributed by atoms with Gasteiger partial charge in [-0.15, -0.1) is 0 Å². The van der Waals surface area contributed by atoms with Gasteiger partial charge in [0.05, 0.1) is 16.3 Å². The highest BCUT2D eigenvalue weighted by atomic mass is 35.5. The first-order valence-corrected chi connectivity index (χ1v) is 9.01. The van der Waals surface area contributed by atoms with Gasteiger partial charge in [0.2, 0.25) is 0 Å². The lowest BCUT2D eigenvalue weighted by Crippen LogP contribution is -2.21. The monoisotopic (exact) mass is 394 g/mol. The number of hydrogen-bond donors (Lipinski definition) is 2. The van der Waals surface area contributed by atoms with Crippen molar-refractivity contribution in [3.8, 4) is 0 Å². The van der Waals surface area contributed by atoms with E-state index < -0.39 is 18.5 Å². The fourth-order valence-electron chi connectivity index (χ4n) is 2.20. The highest BCUT2D eigenvalue weighted by Gasteiger charge is 2.14. The summed E-state index contributed by atoms with van der Waals surface area (Å²) in [5, 5.41) is 6.55. The average molecular weight is 395 g/mol. The number of carbonyl (C=O) groups is 2. The Morgan fingerprint density at radius 1 is 1.08 bits per heavy atom. The molecule has 26 heavy (non-hydrogen) atoms. The fraction of sp³-hybridized carbons (Fsp3) is 0.263. The van der Waals surface area contributed by atoms with Crippen LogP contribution in [0.4, 0.5) is 11.4 Å². The molecule has 1 amide bonds. The van der Waals surface area contributed by atoms with Gasteiger partial charge in [-0.2, -0.15) is 0 Å². The lowest BCUT2D eigenvalue weighted by atomic mass is 10.1. The van der Waals surface area contributed by atoms with Crippen LogP contribution >= 0.6 is 23.2 Å². The Morgan fingerprint density at radius 3 is 2.58 bits per heavy atom. The molecule has 2 N–H and O–H groups in total. The van der Waals surface area contributed by atoms with E-state index in [2.05, 4.69) is 17.6 Å². The highest BCUT2D eigenvalue weighted by molar-refractivity contribution is 6.36. The van der Waals surface area contributed by atoms with Gasteiger partial charge >= 0.3 is 5.97 Å². The molecule has 2 aromatic rings. The Balaban J connectivity index is 1.92. The predicted molar refractivity (Wildman–Crippen MR) is 105 cm³/mol. The minimum absolute atomic E-state index is 0.308. The van der Waals surface area contributed by atoms with Crippen LogP contribution in [0.3, 0.4) is 0 Å². The number of anilines is 2. The van der Waals surface area contributed by atoms with E-state index in [-0.39, 0.29) is 0 Å². The van der Waals surface area contributed by atoms with Crippen LogP contribution in [0.5, 0.6) is 0 Å². The van der Waals surface area contributed by atoms with E-state index in [0.29, 0.717) is 27.0 Å². The van der Waals surface area contributed by atoms with Gasteiger partial charge in [0, 0.05) is 17.3 Å². The average Bonchev–Trinajstić information content (AvgIpc) is 2.63. The zero-order valence-corrected chi connectivity index (χ0v) is 15.9. The fourth-order valence-corrected chi connectivity index (χ4v) is 2.66. The van der Waals surface area contributed by atoms with Crippen LogP contribution in [0.25, 0.3) is 0 Å². The Bertz CT molecular complexity index is 781. The van der Waals surface area contributed by atoms with Gasteiger partial charge in [0.15, 0.2) is 6.61 Å². The molecule has 0 saturated carbocycles. The molecule has 0 aliphatic rings. The largest absolute Gasteiger partial charge is 0.452 e. The Labute approximate surface area is 162 Å². The van der Waals surface area contributed by atoms with Crippen molar-refractivity contribution in [3.05, 3.63) is 58.1 Å². The molecule has 2 rings (SSSR count). The number of benzene rings is 2. The van der Waals surface area contributed by atoms with E-state index >= 15 is 0 Å². The van der Waals surface area contributed by atoms with Gasteiger partial charge in [0.25, 0.3) is 5.91 Å². The number of ether oxygens (including phenoxy) is 1. The summed E-state index contributed by atoms with van der Waals surface area (Å²) >= 11 is 11.8. The predicted octanol–water partition coefficient (Wildman–Crippen LogP) is 5.00. The van der Waals surface area contributed by atoms with E-state index in [0.717, 1.165) is 19.4 Å². The van der Waals surface area contributed by atoms with E-state index in [1.54, 1.807) is 30.3 Å². The summed E-state index contributed by atoms with van der Waals surface area (Å²) in [4.78, 5) is 24.3. The van der Waals surface area contributed by atoms with Crippen molar-refractivity contribution in [3.63, 3.8) is 0 Å². The van der Waals surface area contributed by atoms with Crippen molar-refractivity contribution in [2.24, 2.45) is 0 Å². The molecule has 5 nitrogen and oxygen atoms in total. The molecule has 0 aliphatic heterocycles. The first-order valence-electron chi connectivity index (χ1n) is 8.26. The maximum atomic E-state index is 12.3. The lowest BCUT2D eigenvalue weighted by Gasteiger charge is -2.12. The topological polar surface area (TPSA) is 67.4 Å². The van der Waals surface area contributed by atoms with Crippen molar-refractivity contribution in [2.75, 3.05) is 23.8 Å². The van der Waals surface area contributed by atoms with E-state index in [1.807, 2.05) is 6.07 Å². The summed E-state index contributed by atoms with van der Waals surface area (Å²) in [5.74, 6) is -1.05. The number of carbonyl (C=O) groups excluding carboxylic acids is 2. The first kappa shape index (κ1) is 20.1. The molecule has 138 valence electrons. The molecule has 0 saturated heterocycles. The Morgan fingerprint density at radius 2 is 1.85 bits per heavy atom. The van der Waals surface area contributed by atoms with Crippen LogP contribution in [0.15, 0.2) is 42.5 Å². The van der Waals surface area contributed by atoms with Gasteiger partial charge in [-0.05, 0) is 36.8 Å². The van der Waals surface area contributed by atoms with Gasteiger partial charge in [-0.1, -0.05) is 48.7 Å². The lowest BCUT2D eigenvalue weighted by molar-refractivity contribution is -0.119. The van der Waals surface area contributed by atoms with Crippen molar-refractivity contribution < 1.29 is 14.3 Å². The minimum atomic E-state index is -0.568. The molecule has 0 spiro atoms. The van der Waals surface area contributed by atoms with Crippen LogP contribution in [-0.4, -0.2) is 25.0 Å². The van der Waals surface area contributed by atoms with Crippen LogP contribution in [0.2, 0.25) is 10.0 Å². The van der Waals surface area contributed by atoms with E-state index in [9.17, 15) is 9.59 Å². The summed E-state index contributed by atoms with van der Waals surface area (Å²) in [6.45, 7) is 2.44. The molecule has 0 unspecified atom stereocenters. The standard InChI is InChI=1S/C19H20Cl2N2O3/c1-2-3-10-22-16-7-5-4-6-14(16)19(25)26-12-18(24)23-17-9-8-13(20)11-15(17)21/h4-9,11,22H,2-3,10,12H2,1H3,(H,23,24). The second-order valence-electron chi connectivity index (χ2n) is 5.57. The quantitative estimate of drug-likeness (QED) is 0.488. The number of esters is 1. The molecule has 0 heterocycles. The number of unbranched alkanes of at least 4 members (excludes halogenated alkanes) is 1. The number of amides is 1. The summed E-state index contributed by atoms with van der Waals surface area (Å²) in [7, 11) is 0. The van der Waals surface area contributed by atoms with Crippen LogP contribution in [-0.2, 0) is 9.53 Å². The second kappa shape index (κ2) is 10.0. The number of nitrogens with one attached hydrogen (secondary N) is 2. The molecule has 0 aliphatic carbocycles. The maximum Gasteiger partial charge on any atom is 0.340 e. The molecule has 7 heteroatoms. The van der Waals surface area contributed by atoms with E-state index in [4.69, 9.17) is 27.9 Å². The SMILES string of the molecule is CCCCNc1ccccc1C(=O)OCC(=O)Nc1ccc(Cl)cc1Cl. The van der Waals surface area contributed by atoms with Crippen LogP contribution < -0.4 is 10.6 Å². The summed E-state index contributed by atoms with van der Waals surface area (Å²) in [6, 6.07) is 11.7. The minimum Gasteiger partial charge on any atom is -0.452 e. The Hall–Kier alpha value is -2.24. The summed E-state index contributed by atoms with van der Waals surface area (Å²) < 4.78 is 5.11. The van der Waals surface area contributed by atoms with Crippen LogP contribution in [0, 0.1) is 0 Å². The summed E-state index contributed by atoms with van der Waals surface area (Å²) in [6.07, 6.45) is 2.04. The third-order valence-electron chi connectivity index (χ3n) is 3.53. The zero-order chi connectivity index (χ0) is 18.9. The van der Waals surface area contributed by atoms with Crippen molar-refractivity contribution in [2.45, 2.75) is 19.8 Å². The Kier molecular flexibility index (Phi) is 7.75. The van der Waals surface area contributed by atoms with Gasteiger partial charge in [-0.3, -0.25) is 4.79 Å². The number of hydrogen-bond acceptors (Lipinski definition) is 4. The molecule has 0 bridgehead atoms. The van der Waals surface area contributed by atoms with Gasteiger partial charge < -0.3 is 15.4 Å². The number of rotatable bonds is 8. The molecule has 0 radical (unpaired) electrons. The molecular formula is C19H20Cl2N2O3.